The third-order valence-electron chi connectivity index (χ3n) is 2.61. The molecule has 0 atom stereocenters. The number of hydrazine groups is 1. The standard InChI is InChI=1S/C14H19F3N6O/c1-13(2,3)8-23(22-12(24)7-19-4)11-5-9(14(15,16)17)20-10(6-18)21-11/h5,19H,7-8H2,1-4H3,(H,22,24). The molecule has 0 saturated carbocycles. The van der Waals surface area contributed by atoms with Gasteiger partial charge in [0.2, 0.25) is 5.82 Å². The first-order chi connectivity index (χ1) is 11.0. The number of halogens is 3. The van der Waals surface area contributed by atoms with Crippen molar-refractivity contribution in [2.75, 3.05) is 25.1 Å². The maximum atomic E-state index is 13.0. The predicted octanol–water partition coefficient (Wildman–Crippen LogP) is 1.47. The molecule has 0 bridgehead atoms. The number of nitrogens with zero attached hydrogens (tertiary/aromatic N) is 4. The van der Waals surface area contributed by atoms with E-state index in [4.69, 9.17) is 5.26 Å². The van der Waals surface area contributed by atoms with Gasteiger partial charge in [0.15, 0.2) is 11.5 Å². The summed E-state index contributed by atoms with van der Waals surface area (Å²) in [6.07, 6.45) is -4.73. The van der Waals surface area contributed by atoms with Crippen molar-refractivity contribution in [3.8, 4) is 6.07 Å². The molecule has 0 aliphatic carbocycles. The van der Waals surface area contributed by atoms with Gasteiger partial charge in [-0.2, -0.15) is 23.4 Å². The zero-order chi connectivity index (χ0) is 18.5. The van der Waals surface area contributed by atoms with Crippen LogP contribution in [-0.2, 0) is 11.0 Å². The first kappa shape index (κ1) is 19.6. The first-order valence-electron chi connectivity index (χ1n) is 7.04. The van der Waals surface area contributed by atoms with Gasteiger partial charge in [-0.15, -0.1) is 0 Å². The van der Waals surface area contributed by atoms with E-state index in [-0.39, 0.29) is 24.3 Å². The van der Waals surface area contributed by atoms with Crippen molar-refractivity contribution in [1.82, 2.24) is 20.7 Å². The number of anilines is 1. The molecule has 0 aromatic carbocycles. The van der Waals surface area contributed by atoms with Crippen LogP contribution in [0.1, 0.15) is 32.3 Å². The number of likely N-dealkylation sites (N-methyl/N-ethyl adjacent to an activating group) is 1. The van der Waals surface area contributed by atoms with E-state index in [0.717, 1.165) is 0 Å². The highest BCUT2D eigenvalue weighted by Crippen LogP contribution is 2.30. The van der Waals surface area contributed by atoms with E-state index >= 15 is 0 Å². The maximum absolute atomic E-state index is 13.0. The Labute approximate surface area is 137 Å². The minimum atomic E-state index is -4.73. The lowest BCUT2D eigenvalue weighted by atomic mass is 9.97. The van der Waals surface area contributed by atoms with Crippen molar-refractivity contribution in [3.63, 3.8) is 0 Å². The Bertz CT molecular complexity index is 633. The minimum absolute atomic E-state index is 0.0248. The molecule has 0 radical (unpaired) electrons. The van der Waals surface area contributed by atoms with E-state index in [1.54, 1.807) is 7.05 Å². The summed E-state index contributed by atoms with van der Waals surface area (Å²) in [7, 11) is 1.56. The van der Waals surface area contributed by atoms with Crippen molar-refractivity contribution in [3.05, 3.63) is 17.6 Å². The number of nitrogens with one attached hydrogen (secondary N) is 2. The summed E-state index contributed by atoms with van der Waals surface area (Å²) in [6, 6.07) is 2.20. The summed E-state index contributed by atoms with van der Waals surface area (Å²) in [5, 5.41) is 12.7. The van der Waals surface area contributed by atoms with Gasteiger partial charge in [0, 0.05) is 12.6 Å². The second kappa shape index (κ2) is 7.44. The Balaban J connectivity index is 3.30. The summed E-state index contributed by atoms with van der Waals surface area (Å²) >= 11 is 0. The van der Waals surface area contributed by atoms with Crippen LogP contribution in [0.15, 0.2) is 6.07 Å². The molecule has 10 heteroatoms. The largest absolute Gasteiger partial charge is 0.433 e. The van der Waals surface area contributed by atoms with Crippen LogP contribution in [0.3, 0.4) is 0 Å². The van der Waals surface area contributed by atoms with Crippen LogP contribution in [0, 0.1) is 16.7 Å². The summed E-state index contributed by atoms with van der Waals surface area (Å²) in [5.41, 5.74) is 0.883. The highest BCUT2D eigenvalue weighted by atomic mass is 19.4. The van der Waals surface area contributed by atoms with Gasteiger partial charge in [0.25, 0.3) is 5.91 Å². The Hall–Kier alpha value is -2.41. The van der Waals surface area contributed by atoms with Crippen LogP contribution in [0.2, 0.25) is 0 Å². The molecule has 1 aromatic heterocycles. The molecule has 0 unspecified atom stereocenters. The number of amides is 1. The number of rotatable bonds is 5. The Morgan fingerprint density at radius 1 is 1.33 bits per heavy atom. The minimum Gasteiger partial charge on any atom is -0.311 e. The zero-order valence-electron chi connectivity index (χ0n) is 13.8. The third kappa shape index (κ3) is 6.00. The van der Waals surface area contributed by atoms with Crippen LogP contribution < -0.4 is 15.8 Å². The molecule has 1 heterocycles. The second-order valence-corrected chi connectivity index (χ2v) is 6.26. The fourth-order valence-electron chi connectivity index (χ4n) is 1.77. The number of hydrogen-bond donors (Lipinski definition) is 2. The highest BCUT2D eigenvalue weighted by molar-refractivity contribution is 5.79. The highest BCUT2D eigenvalue weighted by Gasteiger charge is 2.34. The summed E-state index contributed by atoms with van der Waals surface area (Å²) in [4.78, 5) is 18.8. The number of nitriles is 1. The lowest BCUT2D eigenvalue weighted by Gasteiger charge is -2.31. The van der Waals surface area contributed by atoms with Gasteiger partial charge in [-0.05, 0) is 12.5 Å². The molecule has 1 aromatic rings. The van der Waals surface area contributed by atoms with E-state index in [9.17, 15) is 18.0 Å². The molecule has 2 N–H and O–H groups in total. The average Bonchev–Trinajstić information content (AvgIpc) is 2.44. The summed E-state index contributed by atoms with van der Waals surface area (Å²) < 4.78 is 38.9. The molecule has 1 amide bonds. The average molecular weight is 344 g/mol. The quantitative estimate of drug-likeness (QED) is 0.786. The Kier molecular flexibility index (Phi) is 6.09. The lowest BCUT2D eigenvalue weighted by molar-refractivity contribution is -0.141. The number of carbonyl (C=O) groups excluding carboxylic acids is 1. The van der Waals surface area contributed by atoms with E-state index in [1.807, 2.05) is 20.8 Å². The van der Waals surface area contributed by atoms with Crippen LogP contribution >= 0.6 is 0 Å². The molecular weight excluding hydrogens is 325 g/mol. The molecule has 0 spiro atoms. The molecule has 0 saturated heterocycles. The van der Waals surface area contributed by atoms with Gasteiger partial charge in [0.1, 0.15) is 6.07 Å². The van der Waals surface area contributed by atoms with Gasteiger partial charge in [-0.3, -0.25) is 15.2 Å². The first-order valence-corrected chi connectivity index (χ1v) is 7.04. The van der Waals surface area contributed by atoms with Crippen molar-refractivity contribution < 1.29 is 18.0 Å². The number of hydrogen-bond acceptors (Lipinski definition) is 6. The molecule has 24 heavy (non-hydrogen) atoms. The van der Waals surface area contributed by atoms with Gasteiger partial charge in [-0.25, -0.2) is 4.98 Å². The van der Waals surface area contributed by atoms with Gasteiger partial charge < -0.3 is 5.32 Å². The number of alkyl halides is 3. The molecule has 1 rings (SSSR count). The van der Waals surface area contributed by atoms with E-state index < -0.39 is 23.6 Å². The third-order valence-corrected chi connectivity index (χ3v) is 2.61. The summed E-state index contributed by atoms with van der Waals surface area (Å²) in [6.45, 7) is 5.70. The van der Waals surface area contributed by atoms with Crippen molar-refractivity contribution in [2.24, 2.45) is 5.41 Å². The smallest absolute Gasteiger partial charge is 0.311 e. The van der Waals surface area contributed by atoms with Gasteiger partial charge in [-0.1, -0.05) is 20.8 Å². The fraction of sp³-hybridized carbons (Fsp3) is 0.571. The Morgan fingerprint density at radius 3 is 2.42 bits per heavy atom. The lowest BCUT2D eigenvalue weighted by Crippen LogP contribution is -2.49. The number of carbonyl (C=O) groups is 1. The fourth-order valence-corrected chi connectivity index (χ4v) is 1.77. The SMILES string of the molecule is CNCC(=O)NN(CC(C)(C)C)c1cc(C(F)(F)F)nc(C#N)n1. The monoisotopic (exact) mass is 344 g/mol. The predicted molar refractivity (Wildman–Crippen MR) is 80.6 cm³/mol. The van der Waals surface area contributed by atoms with Crippen LogP contribution in [-0.4, -0.2) is 36.0 Å². The van der Waals surface area contributed by atoms with Crippen molar-refractivity contribution in [2.45, 2.75) is 26.9 Å². The summed E-state index contributed by atoms with van der Waals surface area (Å²) in [5.74, 6) is -1.28. The van der Waals surface area contributed by atoms with Gasteiger partial charge >= 0.3 is 6.18 Å². The van der Waals surface area contributed by atoms with E-state index in [0.29, 0.717) is 6.07 Å². The molecule has 0 aliphatic heterocycles. The van der Waals surface area contributed by atoms with E-state index in [2.05, 4.69) is 20.7 Å². The Morgan fingerprint density at radius 2 is 1.96 bits per heavy atom. The van der Waals surface area contributed by atoms with Crippen molar-refractivity contribution >= 4 is 11.7 Å². The van der Waals surface area contributed by atoms with Crippen LogP contribution in [0.4, 0.5) is 19.0 Å². The van der Waals surface area contributed by atoms with Crippen molar-refractivity contribution in [1.29, 1.82) is 5.26 Å². The normalized spacial score (nSPS) is 11.8. The van der Waals surface area contributed by atoms with Gasteiger partial charge in [0.05, 0.1) is 6.54 Å². The topological polar surface area (TPSA) is 93.9 Å². The molecular formula is C14H19F3N6O. The molecule has 0 fully saturated rings. The maximum Gasteiger partial charge on any atom is 0.433 e. The van der Waals surface area contributed by atoms with Crippen LogP contribution in [0.5, 0.6) is 0 Å². The molecule has 0 aliphatic rings. The van der Waals surface area contributed by atoms with Crippen LogP contribution in [0.25, 0.3) is 0 Å². The zero-order valence-corrected chi connectivity index (χ0v) is 13.8. The van der Waals surface area contributed by atoms with E-state index in [1.165, 1.54) is 11.1 Å². The molecule has 132 valence electrons. The molecule has 7 nitrogen and oxygen atoms in total. The number of aromatic nitrogens is 2. The second-order valence-electron chi connectivity index (χ2n) is 6.26.